The fourth-order valence-electron chi connectivity index (χ4n) is 3.72. The highest BCUT2D eigenvalue weighted by molar-refractivity contribution is 7.13. The molecule has 0 aromatic carbocycles. The molecule has 1 N–H and O–H groups in total. The number of aromatic nitrogens is 2. The molecule has 1 amide bonds. The summed E-state index contributed by atoms with van der Waals surface area (Å²) in [5.74, 6) is 1.83. The zero-order chi connectivity index (χ0) is 17.9. The second-order valence-corrected chi connectivity index (χ2v) is 7.94. The summed E-state index contributed by atoms with van der Waals surface area (Å²) in [5, 5.41) is 9.44. The highest BCUT2D eigenvalue weighted by Gasteiger charge is 2.31. The molecule has 0 saturated carbocycles. The summed E-state index contributed by atoms with van der Waals surface area (Å²) in [4.78, 5) is 22.6. The maximum atomic E-state index is 12.7. The number of thiophene rings is 1. The molecule has 26 heavy (non-hydrogen) atoms. The Morgan fingerprint density at radius 1 is 1.31 bits per heavy atom. The van der Waals surface area contributed by atoms with Crippen molar-refractivity contribution in [1.29, 1.82) is 0 Å². The largest absolute Gasteiger partial charge is 0.340 e. The Balaban J connectivity index is 1.33. The zero-order valence-corrected chi connectivity index (χ0v) is 15.9. The third kappa shape index (κ3) is 3.67. The number of nitrogens with zero attached hydrogens (tertiary/aromatic N) is 4. The Labute approximate surface area is 157 Å². The molecule has 0 spiro atoms. The summed E-state index contributed by atoms with van der Waals surface area (Å²) in [6.45, 7) is 7.24. The molecule has 0 radical (unpaired) electrons. The van der Waals surface area contributed by atoms with Gasteiger partial charge in [0.05, 0.1) is 10.9 Å². The predicted molar refractivity (Wildman–Crippen MR) is 99.8 cm³/mol. The van der Waals surface area contributed by atoms with Gasteiger partial charge in [0.2, 0.25) is 17.6 Å². The molecule has 2 aliphatic heterocycles. The molecule has 1 unspecified atom stereocenters. The highest BCUT2D eigenvalue weighted by Crippen LogP contribution is 2.26. The zero-order valence-electron chi connectivity index (χ0n) is 15.1. The molecule has 2 fully saturated rings. The van der Waals surface area contributed by atoms with Gasteiger partial charge >= 0.3 is 0 Å². The van der Waals surface area contributed by atoms with Crippen molar-refractivity contribution in [1.82, 2.24) is 25.3 Å². The third-order valence-corrected chi connectivity index (χ3v) is 6.27. The van der Waals surface area contributed by atoms with Gasteiger partial charge in [0.15, 0.2) is 0 Å². The van der Waals surface area contributed by atoms with E-state index >= 15 is 0 Å². The molecule has 4 heterocycles. The first kappa shape index (κ1) is 17.6. The molecule has 0 bridgehead atoms. The molecule has 2 aliphatic rings. The maximum absolute atomic E-state index is 12.7. The van der Waals surface area contributed by atoms with E-state index in [0.717, 1.165) is 57.0 Å². The number of hydrogen-bond donors (Lipinski definition) is 1. The number of rotatable bonds is 4. The molecule has 2 aromatic rings. The Morgan fingerprint density at radius 2 is 2.08 bits per heavy atom. The van der Waals surface area contributed by atoms with E-state index in [1.165, 1.54) is 0 Å². The summed E-state index contributed by atoms with van der Waals surface area (Å²) >= 11 is 1.61. The molecule has 8 heteroatoms. The number of piperazine rings is 1. The number of hydrogen-bond acceptors (Lipinski definition) is 7. The van der Waals surface area contributed by atoms with Crippen LogP contribution in [-0.2, 0) is 4.79 Å². The van der Waals surface area contributed by atoms with Crippen LogP contribution >= 0.6 is 11.3 Å². The number of amides is 1. The molecular weight excluding hydrogens is 350 g/mol. The van der Waals surface area contributed by atoms with Crippen LogP contribution < -0.4 is 5.32 Å². The van der Waals surface area contributed by atoms with Gasteiger partial charge in [-0.25, -0.2) is 0 Å². The first-order chi connectivity index (χ1) is 12.7. The SMILES string of the molecule is CC(c1nc(-c2cccs2)no1)N1CCN(C(=O)C2CCNCC2)CC1. The van der Waals surface area contributed by atoms with Crippen molar-refractivity contribution < 1.29 is 9.32 Å². The average molecular weight is 375 g/mol. The van der Waals surface area contributed by atoms with Gasteiger partial charge in [-0.15, -0.1) is 11.3 Å². The molecule has 0 aliphatic carbocycles. The van der Waals surface area contributed by atoms with Crippen LogP contribution in [0.1, 0.15) is 31.7 Å². The van der Waals surface area contributed by atoms with Crippen molar-refractivity contribution >= 4 is 17.2 Å². The minimum absolute atomic E-state index is 0.0624. The van der Waals surface area contributed by atoms with E-state index in [1.807, 2.05) is 22.4 Å². The van der Waals surface area contributed by atoms with Crippen LogP contribution in [0, 0.1) is 5.92 Å². The van der Waals surface area contributed by atoms with Crippen LogP contribution in [-0.4, -0.2) is 65.1 Å². The van der Waals surface area contributed by atoms with Crippen molar-refractivity contribution in [3.8, 4) is 10.7 Å². The number of piperidine rings is 1. The monoisotopic (exact) mass is 375 g/mol. The average Bonchev–Trinajstić information content (AvgIpc) is 3.39. The molecular formula is C18H25N5O2S. The molecule has 1 atom stereocenters. The number of carbonyl (C=O) groups excluding carboxylic acids is 1. The Hall–Kier alpha value is -1.77. The summed E-state index contributed by atoms with van der Waals surface area (Å²) in [6.07, 6.45) is 1.92. The molecule has 4 rings (SSSR count). The standard InChI is InChI=1S/C18H25N5O2S/c1-13(17-20-16(21-25-17)15-3-2-12-26-15)22-8-10-23(11-9-22)18(24)14-4-6-19-7-5-14/h2-3,12-14,19H,4-11H2,1H3. The van der Waals surface area contributed by atoms with Crippen LogP contribution in [0.25, 0.3) is 10.7 Å². The first-order valence-corrected chi connectivity index (χ1v) is 10.2. The number of nitrogens with one attached hydrogen (secondary N) is 1. The van der Waals surface area contributed by atoms with E-state index in [2.05, 4.69) is 27.3 Å². The lowest BCUT2D eigenvalue weighted by Crippen LogP contribution is -2.51. The lowest BCUT2D eigenvalue weighted by atomic mass is 9.96. The van der Waals surface area contributed by atoms with Crippen LogP contribution in [0.2, 0.25) is 0 Å². The maximum Gasteiger partial charge on any atom is 0.244 e. The Kier molecular flexibility index (Phi) is 5.33. The Bertz CT molecular complexity index is 718. The first-order valence-electron chi connectivity index (χ1n) is 9.33. The lowest BCUT2D eigenvalue weighted by molar-refractivity contribution is -0.138. The van der Waals surface area contributed by atoms with Gasteiger partial charge in [-0.2, -0.15) is 4.98 Å². The lowest BCUT2D eigenvalue weighted by Gasteiger charge is -2.38. The van der Waals surface area contributed by atoms with Gasteiger partial charge in [-0.3, -0.25) is 9.69 Å². The quantitative estimate of drug-likeness (QED) is 0.881. The van der Waals surface area contributed by atoms with Crippen molar-refractivity contribution in [3.05, 3.63) is 23.4 Å². The van der Waals surface area contributed by atoms with E-state index in [9.17, 15) is 4.79 Å². The van der Waals surface area contributed by atoms with Crippen molar-refractivity contribution in [2.24, 2.45) is 5.92 Å². The Morgan fingerprint density at radius 3 is 2.77 bits per heavy atom. The fourth-order valence-corrected chi connectivity index (χ4v) is 4.37. The van der Waals surface area contributed by atoms with Gasteiger partial charge in [0.25, 0.3) is 0 Å². The second kappa shape index (κ2) is 7.85. The van der Waals surface area contributed by atoms with E-state index < -0.39 is 0 Å². The van der Waals surface area contributed by atoms with E-state index in [4.69, 9.17) is 4.52 Å². The topological polar surface area (TPSA) is 74.5 Å². The smallest absolute Gasteiger partial charge is 0.244 e. The van der Waals surface area contributed by atoms with Gasteiger partial charge in [0, 0.05) is 32.1 Å². The fraction of sp³-hybridized carbons (Fsp3) is 0.611. The van der Waals surface area contributed by atoms with Crippen molar-refractivity contribution in [2.45, 2.75) is 25.8 Å². The van der Waals surface area contributed by atoms with E-state index in [0.29, 0.717) is 17.6 Å². The predicted octanol–water partition coefficient (Wildman–Crippen LogP) is 2.00. The molecule has 2 saturated heterocycles. The van der Waals surface area contributed by atoms with Gasteiger partial charge in [-0.05, 0) is 44.3 Å². The van der Waals surface area contributed by atoms with Crippen LogP contribution in [0.5, 0.6) is 0 Å². The van der Waals surface area contributed by atoms with Crippen LogP contribution in [0.4, 0.5) is 0 Å². The third-order valence-electron chi connectivity index (χ3n) is 5.40. The van der Waals surface area contributed by atoms with Crippen molar-refractivity contribution in [3.63, 3.8) is 0 Å². The summed E-state index contributed by atoms with van der Waals surface area (Å²) in [6, 6.07) is 4.04. The van der Waals surface area contributed by atoms with E-state index in [-0.39, 0.29) is 12.0 Å². The highest BCUT2D eigenvalue weighted by atomic mass is 32.1. The number of carbonyl (C=O) groups is 1. The summed E-state index contributed by atoms with van der Waals surface area (Å²) in [7, 11) is 0. The second-order valence-electron chi connectivity index (χ2n) is 7.00. The van der Waals surface area contributed by atoms with Gasteiger partial charge in [-0.1, -0.05) is 11.2 Å². The molecule has 140 valence electrons. The van der Waals surface area contributed by atoms with Crippen molar-refractivity contribution in [2.75, 3.05) is 39.3 Å². The summed E-state index contributed by atoms with van der Waals surface area (Å²) < 4.78 is 5.49. The van der Waals surface area contributed by atoms with E-state index in [1.54, 1.807) is 11.3 Å². The van der Waals surface area contributed by atoms with Crippen LogP contribution in [0.3, 0.4) is 0 Å². The van der Waals surface area contributed by atoms with Gasteiger partial charge in [0.1, 0.15) is 0 Å². The van der Waals surface area contributed by atoms with Gasteiger partial charge < -0.3 is 14.7 Å². The molecule has 7 nitrogen and oxygen atoms in total. The summed E-state index contributed by atoms with van der Waals surface area (Å²) in [5.41, 5.74) is 0. The van der Waals surface area contributed by atoms with Crippen LogP contribution in [0.15, 0.2) is 22.0 Å². The minimum atomic E-state index is 0.0624. The minimum Gasteiger partial charge on any atom is -0.340 e. The molecule has 2 aromatic heterocycles. The normalized spacial score (nSPS) is 21.0.